The molecule has 1 saturated heterocycles. The van der Waals surface area contributed by atoms with Gasteiger partial charge in [0, 0.05) is 32.1 Å². The lowest BCUT2D eigenvalue weighted by atomic mass is 10.1. The van der Waals surface area contributed by atoms with Crippen LogP contribution in [0.25, 0.3) is 0 Å². The molecule has 2 rings (SSSR count). The average molecular weight is 206 g/mol. The van der Waals surface area contributed by atoms with Crippen LogP contribution < -0.4 is 0 Å². The molecule has 0 amide bonds. The molecule has 0 saturated carbocycles. The maximum absolute atomic E-state index is 8.87. The second-order valence-corrected chi connectivity index (χ2v) is 4.26. The molecular formula is C12H18N2O. The van der Waals surface area contributed by atoms with Crippen molar-refractivity contribution in [2.45, 2.75) is 19.4 Å². The smallest absolute Gasteiger partial charge is 0.0434 e. The first-order valence-electron chi connectivity index (χ1n) is 5.60. The van der Waals surface area contributed by atoms with Crippen LogP contribution in [-0.4, -0.2) is 34.7 Å². The summed E-state index contributed by atoms with van der Waals surface area (Å²) in [5.74, 6) is 0.687. The summed E-state index contributed by atoms with van der Waals surface area (Å²) >= 11 is 0. The van der Waals surface area contributed by atoms with Crippen LogP contribution >= 0.6 is 0 Å². The number of aliphatic hydroxyl groups is 1. The number of hydrogen-bond acceptors (Lipinski definition) is 3. The zero-order valence-electron chi connectivity index (χ0n) is 8.97. The molecule has 15 heavy (non-hydrogen) atoms. The zero-order valence-corrected chi connectivity index (χ0v) is 8.97. The molecule has 0 aliphatic carbocycles. The van der Waals surface area contributed by atoms with Crippen LogP contribution in [0.4, 0.5) is 0 Å². The second kappa shape index (κ2) is 5.24. The maximum Gasteiger partial charge on any atom is 0.0434 e. The Morgan fingerprint density at radius 3 is 3.20 bits per heavy atom. The van der Waals surface area contributed by atoms with Crippen molar-refractivity contribution in [1.29, 1.82) is 0 Å². The molecule has 3 heteroatoms. The third kappa shape index (κ3) is 3.01. The Morgan fingerprint density at radius 1 is 1.53 bits per heavy atom. The van der Waals surface area contributed by atoms with Gasteiger partial charge in [0.2, 0.25) is 0 Å². The quantitative estimate of drug-likeness (QED) is 0.806. The predicted octanol–water partition coefficient (Wildman–Crippen LogP) is 1.29. The fourth-order valence-electron chi connectivity index (χ4n) is 2.22. The Hall–Kier alpha value is -0.930. The third-order valence-corrected chi connectivity index (χ3v) is 3.04. The Bertz CT molecular complexity index is 289. The fourth-order valence-corrected chi connectivity index (χ4v) is 2.22. The molecule has 3 nitrogen and oxygen atoms in total. The van der Waals surface area contributed by atoms with Crippen LogP contribution in [-0.2, 0) is 6.54 Å². The van der Waals surface area contributed by atoms with Crippen LogP contribution in [0.1, 0.15) is 18.4 Å². The summed E-state index contributed by atoms with van der Waals surface area (Å²) in [6.07, 6.45) is 5.91. The van der Waals surface area contributed by atoms with E-state index in [-0.39, 0.29) is 0 Å². The van der Waals surface area contributed by atoms with E-state index in [4.69, 9.17) is 5.11 Å². The topological polar surface area (TPSA) is 36.4 Å². The maximum atomic E-state index is 8.87. The minimum absolute atomic E-state index is 0.325. The van der Waals surface area contributed by atoms with Gasteiger partial charge in [-0.3, -0.25) is 9.88 Å². The van der Waals surface area contributed by atoms with E-state index in [9.17, 15) is 0 Å². The third-order valence-electron chi connectivity index (χ3n) is 3.04. The number of nitrogens with zero attached hydrogens (tertiary/aromatic N) is 2. The van der Waals surface area contributed by atoms with Gasteiger partial charge in [-0.2, -0.15) is 0 Å². The van der Waals surface area contributed by atoms with Crippen LogP contribution in [0, 0.1) is 5.92 Å². The molecule has 0 unspecified atom stereocenters. The highest BCUT2D eigenvalue weighted by Crippen LogP contribution is 2.20. The van der Waals surface area contributed by atoms with Gasteiger partial charge in [-0.25, -0.2) is 0 Å². The van der Waals surface area contributed by atoms with Crippen molar-refractivity contribution in [2.75, 3.05) is 19.7 Å². The van der Waals surface area contributed by atoms with Crippen LogP contribution in [0.2, 0.25) is 0 Å². The number of hydrogen-bond donors (Lipinski definition) is 1. The zero-order chi connectivity index (χ0) is 10.5. The minimum Gasteiger partial charge on any atom is -0.396 e. The van der Waals surface area contributed by atoms with Crippen molar-refractivity contribution < 1.29 is 5.11 Å². The molecule has 0 radical (unpaired) electrons. The summed E-state index contributed by atoms with van der Waals surface area (Å²) in [5, 5.41) is 8.87. The molecule has 1 aliphatic rings. The van der Waals surface area contributed by atoms with E-state index < -0.39 is 0 Å². The van der Waals surface area contributed by atoms with Gasteiger partial charge in [0.25, 0.3) is 0 Å². The molecular weight excluding hydrogens is 188 g/mol. The van der Waals surface area contributed by atoms with E-state index in [0.29, 0.717) is 12.5 Å². The lowest BCUT2D eigenvalue weighted by Gasteiger charge is -2.15. The second-order valence-electron chi connectivity index (χ2n) is 4.26. The van der Waals surface area contributed by atoms with E-state index in [0.717, 1.165) is 26.1 Å². The van der Waals surface area contributed by atoms with Crippen LogP contribution in [0.3, 0.4) is 0 Å². The summed E-state index contributed by atoms with van der Waals surface area (Å²) in [4.78, 5) is 6.56. The summed E-state index contributed by atoms with van der Waals surface area (Å²) < 4.78 is 0. The molecule has 1 aromatic rings. The Morgan fingerprint density at radius 2 is 2.47 bits per heavy atom. The molecule has 1 N–H and O–H groups in total. The lowest BCUT2D eigenvalue weighted by Crippen LogP contribution is -2.20. The van der Waals surface area contributed by atoms with Crippen LogP contribution in [0.5, 0.6) is 0 Å². The van der Waals surface area contributed by atoms with Crippen molar-refractivity contribution in [3.05, 3.63) is 30.1 Å². The van der Waals surface area contributed by atoms with Crippen LogP contribution in [0.15, 0.2) is 24.5 Å². The number of aliphatic hydroxyl groups excluding tert-OH is 1. The largest absolute Gasteiger partial charge is 0.396 e. The van der Waals surface area contributed by atoms with Crippen molar-refractivity contribution in [3.63, 3.8) is 0 Å². The molecule has 1 aromatic heterocycles. The Balaban J connectivity index is 1.82. The lowest BCUT2D eigenvalue weighted by molar-refractivity contribution is 0.249. The van der Waals surface area contributed by atoms with E-state index in [2.05, 4.69) is 16.0 Å². The van der Waals surface area contributed by atoms with Gasteiger partial charge in [0.15, 0.2) is 0 Å². The van der Waals surface area contributed by atoms with E-state index >= 15 is 0 Å². The molecule has 1 aliphatic heterocycles. The molecule has 1 atom stereocenters. The van der Waals surface area contributed by atoms with Crippen molar-refractivity contribution in [3.8, 4) is 0 Å². The normalized spacial score (nSPS) is 22.1. The highest BCUT2D eigenvalue weighted by molar-refractivity contribution is 5.08. The number of pyridine rings is 1. The molecule has 0 aromatic carbocycles. The van der Waals surface area contributed by atoms with Gasteiger partial charge in [-0.05, 0) is 36.9 Å². The first-order chi connectivity index (χ1) is 7.38. The van der Waals surface area contributed by atoms with Crippen molar-refractivity contribution >= 4 is 0 Å². The summed E-state index contributed by atoms with van der Waals surface area (Å²) in [5.41, 5.74) is 1.28. The average Bonchev–Trinajstić information content (AvgIpc) is 2.68. The van der Waals surface area contributed by atoms with Crippen molar-refractivity contribution in [2.24, 2.45) is 5.92 Å². The summed E-state index contributed by atoms with van der Waals surface area (Å²) in [6.45, 7) is 3.59. The molecule has 0 spiro atoms. The Kier molecular flexibility index (Phi) is 3.69. The standard InChI is InChI=1S/C12H18N2O/c15-7-4-11-3-6-14(9-11)10-12-2-1-5-13-8-12/h1-2,5,8,11,15H,3-4,6-7,9-10H2/t11-/m0/s1. The minimum atomic E-state index is 0.325. The monoisotopic (exact) mass is 206 g/mol. The first-order valence-corrected chi connectivity index (χ1v) is 5.60. The van der Waals surface area contributed by atoms with Gasteiger partial charge in [0.1, 0.15) is 0 Å². The predicted molar refractivity (Wildman–Crippen MR) is 59.3 cm³/mol. The first kappa shape index (κ1) is 10.6. The van der Waals surface area contributed by atoms with Gasteiger partial charge < -0.3 is 5.11 Å². The molecule has 82 valence electrons. The summed E-state index contributed by atoms with van der Waals surface area (Å²) in [7, 11) is 0. The van der Waals surface area contributed by atoms with Gasteiger partial charge in [0.05, 0.1) is 0 Å². The van der Waals surface area contributed by atoms with Gasteiger partial charge >= 0.3 is 0 Å². The number of likely N-dealkylation sites (tertiary alicyclic amines) is 1. The molecule has 1 fully saturated rings. The van der Waals surface area contributed by atoms with Crippen molar-refractivity contribution in [1.82, 2.24) is 9.88 Å². The van der Waals surface area contributed by atoms with E-state index in [1.165, 1.54) is 12.0 Å². The molecule has 2 heterocycles. The summed E-state index contributed by atoms with van der Waals surface area (Å²) in [6, 6.07) is 4.10. The SMILES string of the molecule is OCC[C@@H]1CCN(Cc2cccnc2)C1. The van der Waals surface area contributed by atoms with E-state index in [1.807, 2.05) is 18.5 Å². The molecule has 0 bridgehead atoms. The highest BCUT2D eigenvalue weighted by Gasteiger charge is 2.21. The fraction of sp³-hybridized carbons (Fsp3) is 0.583. The Labute approximate surface area is 90.8 Å². The van der Waals surface area contributed by atoms with Gasteiger partial charge in [-0.15, -0.1) is 0 Å². The highest BCUT2D eigenvalue weighted by atomic mass is 16.3. The van der Waals surface area contributed by atoms with E-state index in [1.54, 1.807) is 0 Å². The van der Waals surface area contributed by atoms with Gasteiger partial charge in [-0.1, -0.05) is 6.07 Å². The number of rotatable bonds is 4. The number of aromatic nitrogens is 1.